The van der Waals surface area contributed by atoms with Gasteiger partial charge in [0.15, 0.2) is 11.5 Å². The molecule has 6 nitrogen and oxygen atoms in total. The van der Waals surface area contributed by atoms with Crippen LogP contribution in [0.3, 0.4) is 0 Å². The van der Waals surface area contributed by atoms with E-state index in [0.29, 0.717) is 6.54 Å². The summed E-state index contributed by atoms with van der Waals surface area (Å²) in [6.07, 6.45) is 3.29. The summed E-state index contributed by atoms with van der Waals surface area (Å²) in [6.45, 7) is 0.315. The van der Waals surface area contributed by atoms with Crippen LogP contribution in [0.4, 0.5) is 20.3 Å². The van der Waals surface area contributed by atoms with E-state index >= 15 is 0 Å². The summed E-state index contributed by atoms with van der Waals surface area (Å²) < 4.78 is 26.5. The average Bonchev–Trinajstić information content (AvgIpc) is 2.63. The number of aromatic nitrogens is 3. The van der Waals surface area contributed by atoms with E-state index in [4.69, 9.17) is 0 Å². The van der Waals surface area contributed by atoms with Gasteiger partial charge in [-0.15, -0.1) is 10.2 Å². The number of anilines is 2. The molecule has 1 aromatic carbocycles. The van der Waals surface area contributed by atoms with Crippen molar-refractivity contribution in [3.05, 3.63) is 77.8 Å². The van der Waals surface area contributed by atoms with E-state index in [1.807, 2.05) is 6.07 Å². The standard InChI is InChI=1S/C17H13F2N5O/c18-12-3-4-14(13(19)8-12)22-16-6-5-15(23-24-16)17(25)21-10-11-2-1-7-20-9-11/h1-9H,10H2,(H,21,25)(H,22,24). The monoisotopic (exact) mass is 341 g/mol. The second-order valence-electron chi connectivity index (χ2n) is 5.10. The van der Waals surface area contributed by atoms with E-state index in [-0.39, 0.29) is 17.2 Å². The molecule has 2 aromatic heterocycles. The van der Waals surface area contributed by atoms with Crippen LogP contribution in [0.15, 0.2) is 54.9 Å². The Labute approximate surface area is 141 Å². The van der Waals surface area contributed by atoms with E-state index in [0.717, 1.165) is 17.7 Å². The summed E-state index contributed by atoms with van der Waals surface area (Å²) in [5, 5.41) is 13.0. The molecule has 0 saturated carbocycles. The van der Waals surface area contributed by atoms with Gasteiger partial charge in [-0.25, -0.2) is 8.78 Å². The Morgan fingerprint density at radius 1 is 1.08 bits per heavy atom. The molecule has 126 valence electrons. The maximum atomic E-state index is 13.6. The third kappa shape index (κ3) is 4.31. The lowest BCUT2D eigenvalue weighted by molar-refractivity contribution is 0.0945. The largest absolute Gasteiger partial charge is 0.347 e. The Kier molecular flexibility index (Phi) is 4.89. The Morgan fingerprint density at radius 3 is 2.64 bits per heavy atom. The molecule has 0 aliphatic carbocycles. The van der Waals surface area contributed by atoms with Crippen molar-refractivity contribution in [3.8, 4) is 0 Å². The van der Waals surface area contributed by atoms with Crippen LogP contribution in [-0.2, 0) is 6.54 Å². The van der Waals surface area contributed by atoms with Crippen molar-refractivity contribution < 1.29 is 13.6 Å². The first kappa shape index (κ1) is 16.4. The second kappa shape index (κ2) is 7.43. The van der Waals surface area contributed by atoms with Crippen molar-refractivity contribution >= 4 is 17.4 Å². The van der Waals surface area contributed by atoms with Gasteiger partial charge in [-0.2, -0.15) is 0 Å². The number of carbonyl (C=O) groups is 1. The molecular formula is C17H13F2N5O. The van der Waals surface area contributed by atoms with E-state index < -0.39 is 17.5 Å². The van der Waals surface area contributed by atoms with Gasteiger partial charge in [0.1, 0.15) is 11.6 Å². The summed E-state index contributed by atoms with van der Waals surface area (Å²) in [7, 11) is 0. The first-order chi connectivity index (χ1) is 12.1. The molecular weight excluding hydrogens is 328 g/mol. The van der Waals surface area contributed by atoms with Crippen LogP contribution in [0.5, 0.6) is 0 Å². The first-order valence-electron chi connectivity index (χ1n) is 7.35. The molecule has 25 heavy (non-hydrogen) atoms. The molecule has 0 unspecified atom stereocenters. The average molecular weight is 341 g/mol. The number of carbonyl (C=O) groups excluding carboxylic acids is 1. The van der Waals surface area contributed by atoms with Crippen LogP contribution in [0, 0.1) is 11.6 Å². The molecule has 0 spiro atoms. The number of nitrogens with one attached hydrogen (secondary N) is 2. The minimum absolute atomic E-state index is 0.0597. The zero-order valence-corrected chi connectivity index (χ0v) is 12.9. The van der Waals surface area contributed by atoms with E-state index in [9.17, 15) is 13.6 Å². The van der Waals surface area contributed by atoms with Crippen molar-refractivity contribution in [2.45, 2.75) is 6.54 Å². The third-order valence-corrected chi connectivity index (χ3v) is 3.27. The smallest absolute Gasteiger partial charge is 0.272 e. The van der Waals surface area contributed by atoms with Gasteiger partial charge in [0, 0.05) is 25.0 Å². The molecule has 8 heteroatoms. The van der Waals surface area contributed by atoms with Gasteiger partial charge >= 0.3 is 0 Å². The molecule has 0 atom stereocenters. The van der Waals surface area contributed by atoms with Crippen LogP contribution in [-0.4, -0.2) is 21.1 Å². The molecule has 3 rings (SSSR count). The number of hydrogen-bond acceptors (Lipinski definition) is 5. The van der Waals surface area contributed by atoms with Crippen molar-refractivity contribution in [2.24, 2.45) is 0 Å². The van der Waals surface area contributed by atoms with Crippen molar-refractivity contribution in [2.75, 3.05) is 5.32 Å². The second-order valence-corrected chi connectivity index (χ2v) is 5.10. The summed E-state index contributed by atoms with van der Waals surface area (Å²) in [4.78, 5) is 16.0. The summed E-state index contributed by atoms with van der Waals surface area (Å²) >= 11 is 0. The van der Waals surface area contributed by atoms with E-state index in [2.05, 4.69) is 25.8 Å². The lowest BCUT2D eigenvalue weighted by atomic mass is 10.2. The topological polar surface area (TPSA) is 79.8 Å². The highest BCUT2D eigenvalue weighted by Gasteiger charge is 2.09. The van der Waals surface area contributed by atoms with Gasteiger partial charge in [-0.1, -0.05) is 6.07 Å². The molecule has 2 heterocycles. The molecule has 0 aliphatic heterocycles. The maximum Gasteiger partial charge on any atom is 0.272 e. The van der Waals surface area contributed by atoms with Crippen molar-refractivity contribution in [1.29, 1.82) is 0 Å². The Morgan fingerprint density at radius 2 is 1.96 bits per heavy atom. The number of amides is 1. The lowest BCUT2D eigenvalue weighted by Gasteiger charge is -2.07. The first-order valence-corrected chi connectivity index (χ1v) is 7.35. The Hall–Kier alpha value is -3.42. The maximum absolute atomic E-state index is 13.6. The fourth-order valence-electron chi connectivity index (χ4n) is 2.02. The quantitative estimate of drug-likeness (QED) is 0.746. The Balaban J connectivity index is 1.62. The summed E-state index contributed by atoms with van der Waals surface area (Å²) in [5.41, 5.74) is 1.03. The zero-order chi connectivity index (χ0) is 17.6. The Bertz CT molecular complexity index is 872. The number of benzene rings is 1. The molecule has 0 radical (unpaired) electrons. The van der Waals surface area contributed by atoms with Crippen molar-refractivity contribution in [1.82, 2.24) is 20.5 Å². The predicted molar refractivity (Wildman–Crippen MR) is 87.1 cm³/mol. The number of halogens is 2. The molecule has 3 aromatic rings. The fraction of sp³-hybridized carbons (Fsp3) is 0.0588. The van der Waals surface area contributed by atoms with Gasteiger partial charge in [0.2, 0.25) is 0 Å². The third-order valence-electron chi connectivity index (χ3n) is 3.27. The van der Waals surface area contributed by atoms with Gasteiger partial charge in [0.25, 0.3) is 5.91 Å². The van der Waals surface area contributed by atoms with Crippen LogP contribution in [0.1, 0.15) is 16.1 Å². The van der Waals surface area contributed by atoms with Crippen LogP contribution in [0.25, 0.3) is 0 Å². The molecule has 0 aliphatic rings. The highest BCUT2D eigenvalue weighted by atomic mass is 19.1. The number of hydrogen-bond donors (Lipinski definition) is 2. The minimum atomic E-state index is -0.750. The number of pyridine rings is 1. The summed E-state index contributed by atoms with van der Waals surface area (Å²) in [5.74, 6) is -1.58. The van der Waals surface area contributed by atoms with Crippen molar-refractivity contribution in [3.63, 3.8) is 0 Å². The van der Waals surface area contributed by atoms with E-state index in [1.54, 1.807) is 18.5 Å². The van der Waals surface area contributed by atoms with Gasteiger partial charge in [-0.3, -0.25) is 9.78 Å². The molecule has 0 saturated heterocycles. The van der Waals surface area contributed by atoms with Crippen LogP contribution in [0.2, 0.25) is 0 Å². The number of rotatable bonds is 5. The van der Waals surface area contributed by atoms with Crippen LogP contribution < -0.4 is 10.6 Å². The normalized spacial score (nSPS) is 10.3. The predicted octanol–water partition coefficient (Wildman–Crippen LogP) is 2.82. The molecule has 0 fully saturated rings. The number of nitrogens with zero attached hydrogens (tertiary/aromatic N) is 3. The highest BCUT2D eigenvalue weighted by molar-refractivity contribution is 5.92. The zero-order valence-electron chi connectivity index (χ0n) is 12.9. The van der Waals surface area contributed by atoms with Gasteiger partial charge < -0.3 is 10.6 Å². The molecule has 2 N–H and O–H groups in total. The highest BCUT2D eigenvalue weighted by Crippen LogP contribution is 2.18. The minimum Gasteiger partial charge on any atom is -0.347 e. The molecule has 0 bridgehead atoms. The molecule has 1 amide bonds. The van der Waals surface area contributed by atoms with E-state index in [1.165, 1.54) is 18.2 Å². The fourth-order valence-corrected chi connectivity index (χ4v) is 2.02. The SMILES string of the molecule is O=C(NCc1cccnc1)c1ccc(Nc2ccc(F)cc2F)nn1. The van der Waals surface area contributed by atoms with Crippen LogP contribution >= 0.6 is 0 Å². The lowest BCUT2D eigenvalue weighted by Crippen LogP contribution is -2.24. The van der Waals surface area contributed by atoms with Gasteiger partial charge in [0.05, 0.1) is 5.69 Å². The van der Waals surface area contributed by atoms with Gasteiger partial charge in [-0.05, 0) is 35.9 Å². The summed E-state index contributed by atoms with van der Waals surface area (Å²) in [6, 6.07) is 9.68.